The number of hydrogen-bond acceptors (Lipinski definition) is 4. The molecule has 0 unspecified atom stereocenters. The Morgan fingerprint density at radius 3 is 2.42 bits per heavy atom. The second-order valence-electron chi connectivity index (χ2n) is 3.99. The van der Waals surface area contributed by atoms with Crippen LogP contribution in [0.2, 0.25) is 0 Å². The van der Waals surface area contributed by atoms with Crippen molar-refractivity contribution in [3.8, 4) is 6.07 Å². The molecule has 1 aromatic rings. The third kappa shape index (κ3) is 4.35. The van der Waals surface area contributed by atoms with Gasteiger partial charge in [-0.05, 0) is 17.7 Å². The monoisotopic (exact) mass is 281 g/mol. The van der Waals surface area contributed by atoms with Gasteiger partial charge < -0.3 is 5.32 Å². The molecule has 1 N–H and O–H groups in total. The second-order valence-corrected chi connectivity index (χ2v) is 6.07. The molecule has 0 aliphatic rings. The molecular formula is C12H15N3O3S. The van der Waals surface area contributed by atoms with E-state index >= 15 is 0 Å². The van der Waals surface area contributed by atoms with E-state index in [2.05, 4.69) is 5.32 Å². The first-order valence-corrected chi connectivity index (χ1v) is 7.13. The molecule has 0 fully saturated rings. The summed E-state index contributed by atoms with van der Waals surface area (Å²) in [6.45, 7) is -0.213. The lowest BCUT2D eigenvalue weighted by Gasteiger charge is -2.16. The highest BCUT2D eigenvalue weighted by Gasteiger charge is 2.20. The number of amides is 1. The van der Waals surface area contributed by atoms with Crippen LogP contribution < -0.4 is 5.32 Å². The van der Waals surface area contributed by atoms with Crippen molar-refractivity contribution in [2.75, 3.05) is 20.6 Å². The van der Waals surface area contributed by atoms with Gasteiger partial charge in [0.1, 0.15) is 0 Å². The van der Waals surface area contributed by atoms with Gasteiger partial charge in [0.2, 0.25) is 15.9 Å². The molecule has 1 aromatic carbocycles. The minimum Gasteiger partial charge on any atom is -0.358 e. The topological polar surface area (TPSA) is 90.3 Å². The Hall–Kier alpha value is -1.91. The smallest absolute Gasteiger partial charge is 0.235 e. The van der Waals surface area contributed by atoms with Crippen molar-refractivity contribution < 1.29 is 13.2 Å². The lowest BCUT2D eigenvalue weighted by Crippen LogP contribution is -2.37. The molecule has 6 nitrogen and oxygen atoms in total. The summed E-state index contributed by atoms with van der Waals surface area (Å²) >= 11 is 0. The van der Waals surface area contributed by atoms with E-state index in [0.717, 1.165) is 4.31 Å². The minimum absolute atomic E-state index is 0.202. The molecule has 0 radical (unpaired) electrons. The van der Waals surface area contributed by atoms with Crippen molar-refractivity contribution in [1.29, 1.82) is 5.26 Å². The van der Waals surface area contributed by atoms with Crippen LogP contribution in [-0.4, -0.2) is 39.3 Å². The maximum absolute atomic E-state index is 12.0. The van der Waals surface area contributed by atoms with Crippen LogP contribution in [0.5, 0.6) is 0 Å². The van der Waals surface area contributed by atoms with Crippen LogP contribution in [0.25, 0.3) is 0 Å². The Morgan fingerprint density at radius 1 is 1.37 bits per heavy atom. The average Bonchev–Trinajstić information content (AvgIpc) is 2.39. The average molecular weight is 281 g/mol. The second kappa shape index (κ2) is 6.31. The zero-order chi connectivity index (χ0) is 14.5. The van der Waals surface area contributed by atoms with Crippen molar-refractivity contribution in [1.82, 2.24) is 9.62 Å². The first kappa shape index (κ1) is 15.1. The number of nitriles is 1. The van der Waals surface area contributed by atoms with E-state index < -0.39 is 10.0 Å². The predicted octanol–water partition coefficient (Wildman–Crippen LogP) is 0.0659. The molecule has 0 heterocycles. The van der Waals surface area contributed by atoms with Crippen LogP contribution in [0.1, 0.15) is 11.1 Å². The summed E-state index contributed by atoms with van der Waals surface area (Å²) in [6, 6.07) is 8.25. The first-order valence-electron chi connectivity index (χ1n) is 5.52. The molecule has 0 aliphatic carbocycles. The number of hydrogen-bond donors (Lipinski definition) is 1. The maximum Gasteiger partial charge on any atom is 0.235 e. The first-order chi connectivity index (χ1) is 8.89. The Labute approximate surface area is 112 Å². The highest BCUT2D eigenvalue weighted by Crippen LogP contribution is 2.10. The SMILES string of the molecule is CNC(=O)CN(C)S(=O)(=O)Cc1ccc(C#N)cc1. The Balaban J connectivity index is 2.78. The summed E-state index contributed by atoms with van der Waals surface area (Å²) in [5.74, 6) is -0.572. The number of carbonyl (C=O) groups is 1. The van der Waals surface area contributed by atoms with Crippen LogP contribution in [-0.2, 0) is 20.6 Å². The standard InChI is InChI=1S/C12H15N3O3S/c1-14-12(16)8-15(2)19(17,18)9-11-5-3-10(7-13)4-6-11/h3-6H,8-9H2,1-2H3,(H,14,16). The summed E-state index contributed by atoms with van der Waals surface area (Å²) in [7, 11) is -0.745. The minimum atomic E-state index is -3.55. The third-order valence-electron chi connectivity index (χ3n) is 2.55. The number of nitrogens with zero attached hydrogens (tertiary/aromatic N) is 2. The lowest BCUT2D eigenvalue weighted by atomic mass is 10.2. The van der Waals surface area contributed by atoms with Crippen LogP contribution in [0.15, 0.2) is 24.3 Å². The predicted molar refractivity (Wildman–Crippen MR) is 70.5 cm³/mol. The zero-order valence-corrected chi connectivity index (χ0v) is 11.6. The van der Waals surface area contributed by atoms with Gasteiger partial charge in [-0.1, -0.05) is 12.1 Å². The van der Waals surface area contributed by atoms with Crippen LogP contribution in [0.3, 0.4) is 0 Å². The van der Waals surface area contributed by atoms with Gasteiger partial charge in [0.25, 0.3) is 0 Å². The Bertz CT molecular complexity index is 588. The van der Waals surface area contributed by atoms with E-state index in [1.807, 2.05) is 6.07 Å². The molecule has 7 heteroatoms. The van der Waals surface area contributed by atoms with Crippen LogP contribution >= 0.6 is 0 Å². The van der Waals surface area contributed by atoms with Crippen LogP contribution in [0.4, 0.5) is 0 Å². The molecular weight excluding hydrogens is 266 g/mol. The molecule has 0 spiro atoms. The summed E-state index contributed by atoms with van der Waals surface area (Å²) in [5.41, 5.74) is 1.04. The van der Waals surface area contributed by atoms with E-state index in [9.17, 15) is 13.2 Å². The number of nitrogens with one attached hydrogen (secondary N) is 1. The fourth-order valence-corrected chi connectivity index (χ4v) is 2.52. The summed E-state index contributed by atoms with van der Waals surface area (Å²) < 4.78 is 25.0. The van der Waals surface area contributed by atoms with E-state index in [0.29, 0.717) is 11.1 Å². The van der Waals surface area contributed by atoms with Crippen molar-refractivity contribution in [3.63, 3.8) is 0 Å². The molecule has 0 aliphatic heterocycles. The fourth-order valence-electron chi connectivity index (χ4n) is 1.38. The summed E-state index contributed by atoms with van der Waals surface area (Å²) in [4.78, 5) is 11.2. The molecule has 102 valence electrons. The normalized spacial score (nSPS) is 11.1. The lowest BCUT2D eigenvalue weighted by molar-refractivity contribution is -0.120. The highest BCUT2D eigenvalue weighted by molar-refractivity contribution is 7.88. The summed E-state index contributed by atoms with van der Waals surface area (Å²) in [6.07, 6.45) is 0. The number of sulfonamides is 1. The number of rotatable bonds is 5. The van der Waals surface area contributed by atoms with Crippen molar-refractivity contribution >= 4 is 15.9 Å². The molecule has 1 rings (SSSR count). The maximum atomic E-state index is 12.0. The quantitative estimate of drug-likeness (QED) is 0.826. The van der Waals surface area contributed by atoms with Crippen LogP contribution in [0, 0.1) is 11.3 Å². The molecule has 0 saturated heterocycles. The van der Waals surface area contributed by atoms with Gasteiger partial charge in [-0.25, -0.2) is 8.42 Å². The molecule has 0 aromatic heterocycles. The van der Waals surface area contributed by atoms with E-state index in [1.54, 1.807) is 24.3 Å². The molecule has 19 heavy (non-hydrogen) atoms. The van der Waals surface area contributed by atoms with Gasteiger partial charge >= 0.3 is 0 Å². The van der Waals surface area contributed by atoms with Gasteiger partial charge in [0.15, 0.2) is 0 Å². The number of carbonyl (C=O) groups excluding carboxylic acids is 1. The molecule has 0 bridgehead atoms. The van der Waals surface area contributed by atoms with E-state index in [1.165, 1.54) is 14.1 Å². The molecule has 0 saturated carbocycles. The van der Waals surface area contributed by atoms with E-state index in [-0.39, 0.29) is 18.2 Å². The summed E-state index contributed by atoms with van der Waals surface area (Å²) in [5, 5.41) is 11.0. The van der Waals surface area contributed by atoms with Gasteiger partial charge in [0.05, 0.1) is 23.9 Å². The highest BCUT2D eigenvalue weighted by atomic mass is 32.2. The van der Waals surface area contributed by atoms with E-state index in [4.69, 9.17) is 5.26 Å². The number of benzene rings is 1. The third-order valence-corrected chi connectivity index (χ3v) is 4.33. The van der Waals surface area contributed by atoms with Gasteiger partial charge in [-0.15, -0.1) is 0 Å². The van der Waals surface area contributed by atoms with Gasteiger partial charge in [0, 0.05) is 14.1 Å². The van der Waals surface area contributed by atoms with Gasteiger partial charge in [-0.2, -0.15) is 9.57 Å². The van der Waals surface area contributed by atoms with Crippen molar-refractivity contribution in [3.05, 3.63) is 35.4 Å². The zero-order valence-electron chi connectivity index (χ0n) is 10.8. The van der Waals surface area contributed by atoms with Gasteiger partial charge in [-0.3, -0.25) is 4.79 Å². The number of likely N-dealkylation sites (N-methyl/N-ethyl adjacent to an activating group) is 2. The largest absolute Gasteiger partial charge is 0.358 e. The van der Waals surface area contributed by atoms with Crippen molar-refractivity contribution in [2.45, 2.75) is 5.75 Å². The Kier molecular flexibility index (Phi) is 5.03. The Morgan fingerprint density at radius 2 is 1.95 bits per heavy atom. The fraction of sp³-hybridized carbons (Fsp3) is 0.333. The molecule has 1 amide bonds. The molecule has 0 atom stereocenters. The van der Waals surface area contributed by atoms with Crippen molar-refractivity contribution in [2.24, 2.45) is 0 Å².